The van der Waals surface area contributed by atoms with Crippen LogP contribution in [0.1, 0.15) is 22.0 Å². The van der Waals surface area contributed by atoms with E-state index in [2.05, 4.69) is 26.2 Å². The van der Waals surface area contributed by atoms with E-state index in [0.717, 1.165) is 5.56 Å². The van der Waals surface area contributed by atoms with Crippen molar-refractivity contribution in [1.29, 1.82) is 0 Å². The number of nitrogens with zero attached hydrogens (tertiary/aromatic N) is 2. The van der Waals surface area contributed by atoms with E-state index in [1.807, 2.05) is 12.1 Å². The number of hydrogen-bond donors (Lipinski definition) is 1. The summed E-state index contributed by atoms with van der Waals surface area (Å²) in [7, 11) is 0. The standard InChI is InChI=1S/C16H15BrFN3O.ClH/c17-12-3-4-13(14(18)8-12)16(22)21-7-6-20-10-15(21)11-2-1-5-19-9-11;/h1-5,8-9,15,20H,6-7,10H2;1H. The molecular weight excluding hydrogens is 385 g/mol. The topological polar surface area (TPSA) is 45.2 Å². The van der Waals surface area contributed by atoms with Gasteiger partial charge in [-0.3, -0.25) is 9.78 Å². The van der Waals surface area contributed by atoms with Crippen LogP contribution in [0.4, 0.5) is 4.39 Å². The number of pyridine rings is 1. The minimum atomic E-state index is -0.511. The summed E-state index contributed by atoms with van der Waals surface area (Å²) >= 11 is 3.21. The number of benzene rings is 1. The molecule has 1 aromatic carbocycles. The lowest BCUT2D eigenvalue weighted by Gasteiger charge is -2.36. The van der Waals surface area contributed by atoms with Crippen molar-refractivity contribution in [2.45, 2.75) is 6.04 Å². The predicted octanol–water partition coefficient (Wildman–Crippen LogP) is 3.19. The summed E-state index contributed by atoms with van der Waals surface area (Å²) in [5.41, 5.74) is 1.04. The molecule has 1 fully saturated rings. The summed E-state index contributed by atoms with van der Waals surface area (Å²) in [6.07, 6.45) is 3.44. The Labute approximate surface area is 148 Å². The Morgan fingerprint density at radius 3 is 2.91 bits per heavy atom. The van der Waals surface area contributed by atoms with Crippen molar-refractivity contribution in [3.8, 4) is 0 Å². The van der Waals surface area contributed by atoms with Crippen LogP contribution >= 0.6 is 28.3 Å². The Morgan fingerprint density at radius 1 is 1.39 bits per heavy atom. The normalized spacial score (nSPS) is 17.5. The highest BCUT2D eigenvalue weighted by Gasteiger charge is 2.30. The molecule has 0 saturated carbocycles. The molecule has 1 unspecified atom stereocenters. The molecular formula is C16H16BrClFN3O. The molecule has 0 bridgehead atoms. The quantitative estimate of drug-likeness (QED) is 0.842. The lowest BCUT2D eigenvalue weighted by molar-refractivity contribution is 0.0629. The van der Waals surface area contributed by atoms with Crippen molar-refractivity contribution >= 4 is 34.2 Å². The Morgan fingerprint density at radius 2 is 2.22 bits per heavy atom. The van der Waals surface area contributed by atoms with Gasteiger partial charge < -0.3 is 10.2 Å². The highest BCUT2D eigenvalue weighted by Crippen LogP contribution is 2.25. The van der Waals surface area contributed by atoms with Gasteiger partial charge in [0.05, 0.1) is 11.6 Å². The monoisotopic (exact) mass is 399 g/mol. The Hall–Kier alpha value is -1.50. The van der Waals surface area contributed by atoms with Crippen LogP contribution < -0.4 is 5.32 Å². The summed E-state index contributed by atoms with van der Waals surface area (Å²) in [4.78, 5) is 18.6. The Bertz CT molecular complexity index is 686. The SMILES string of the molecule is Cl.O=C(c1ccc(Br)cc1F)N1CCNCC1c1cccnc1. The van der Waals surface area contributed by atoms with Crippen LogP contribution in [0.15, 0.2) is 47.2 Å². The third kappa shape index (κ3) is 3.88. The first kappa shape index (κ1) is 17.8. The van der Waals surface area contributed by atoms with Gasteiger partial charge in [0.1, 0.15) is 5.82 Å². The zero-order valence-corrected chi connectivity index (χ0v) is 14.6. The number of aromatic nitrogens is 1. The molecule has 2 heterocycles. The smallest absolute Gasteiger partial charge is 0.257 e. The van der Waals surface area contributed by atoms with Gasteiger partial charge >= 0.3 is 0 Å². The average molecular weight is 401 g/mol. The highest BCUT2D eigenvalue weighted by molar-refractivity contribution is 9.10. The van der Waals surface area contributed by atoms with Crippen molar-refractivity contribution in [2.24, 2.45) is 0 Å². The minimum absolute atomic E-state index is 0. The first-order valence-electron chi connectivity index (χ1n) is 7.03. The molecule has 0 spiro atoms. The van der Waals surface area contributed by atoms with Crippen LogP contribution in [-0.2, 0) is 0 Å². The van der Waals surface area contributed by atoms with Crippen LogP contribution in [-0.4, -0.2) is 35.4 Å². The molecule has 122 valence electrons. The van der Waals surface area contributed by atoms with Crippen LogP contribution in [0.3, 0.4) is 0 Å². The molecule has 1 saturated heterocycles. The van der Waals surface area contributed by atoms with Crippen molar-refractivity contribution in [1.82, 2.24) is 15.2 Å². The fourth-order valence-electron chi connectivity index (χ4n) is 2.64. The maximum atomic E-state index is 14.1. The summed E-state index contributed by atoms with van der Waals surface area (Å²) in [6, 6.07) is 8.14. The van der Waals surface area contributed by atoms with Crippen LogP contribution in [0.5, 0.6) is 0 Å². The van der Waals surface area contributed by atoms with E-state index >= 15 is 0 Å². The predicted molar refractivity (Wildman–Crippen MR) is 92.2 cm³/mol. The number of hydrogen-bond acceptors (Lipinski definition) is 3. The fraction of sp³-hybridized carbons (Fsp3) is 0.250. The summed E-state index contributed by atoms with van der Waals surface area (Å²) < 4.78 is 14.7. The largest absolute Gasteiger partial charge is 0.329 e. The third-order valence-corrected chi connectivity index (χ3v) is 4.23. The van der Waals surface area contributed by atoms with Crippen LogP contribution in [0.25, 0.3) is 0 Å². The highest BCUT2D eigenvalue weighted by atomic mass is 79.9. The summed E-state index contributed by atoms with van der Waals surface area (Å²) in [5.74, 6) is -0.803. The van der Waals surface area contributed by atoms with Gasteiger partial charge in [-0.2, -0.15) is 0 Å². The van der Waals surface area contributed by atoms with Gasteiger partial charge in [-0.15, -0.1) is 12.4 Å². The van der Waals surface area contributed by atoms with E-state index in [1.54, 1.807) is 23.4 Å². The van der Waals surface area contributed by atoms with E-state index in [-0.39, 0.29) is 29.9 Å². The molecule has 7 heteroatoms. The summed E-state index contributed by atoms with van der Waals surface area (Å²) in [5, 5.41) is 3.27. The van der Waals surface area contributed by atoms with Gasteiger partial charge in [0.15, 0.2) is 0 Å². The second-order valence-corrected chi connectivity index (χ2v) is 6.04. The number of piperazine rings is 1. The molecule has 0 aliphatic carbocycles. The molecule has 2 aromatic rings. The first-order valence-corrected chi connectivity index (χ1v) is 7.83. The number of carbonyl (C=O) groups is 1. The van der Waals surface area contributed by atoms with E-state index < -0.39 is 5.82 Å². The molecule has 1 N–H and O–H groups in total. The van der Waals surface area contributed by atoms with Gasteiger partial charge in [-0.25, -0.2) is 4.39 Å². The van der Waals surface area contributed by atoms with E-state index in [0.29, 0.717) is 24.1 Å². The van der Waals surface area contributed by atoms with Gasteiger partial charge in [-0.1, -0.05) is 22.0 Å². The summed E-state index contributed by atoms with van der Waals surface area (Å²) in [6.45, 7) is 1.87. The fourth-order valence-corrected chi connectivity index (χ4v) is 2.97. The van der Waals surface area contributed by atoms with Crippen molar-refractivity contribution in [2.75, 3.05) is 19.6 Å². The van der Waals surface area contributed by atoms with Gasteiger partial charge in [0, 0.05) is 36.5 Å². The molecule has 1 aliphatic heterocycles. The van der Waals surface area contributed by atoms with Crippen molar-refractivity contribution in [3.63, 3.8) is 0 Å². The van der Waals surface area contributed by atoms with E-state index in [4.69, 9.17) is 0 Å². The Kier molecular flexibility index (Phi) is 6.10. The van der Waals surface area contributed by atoms with Gasteiger partial charge in [0.25, 0.3) is 5.91 Å². The third-order valence-electron chi connectivity index (χ3n) is 3.73. The number of amides is 1. The van der Waals surface area contributed by atoms with Gasteiger partial charge in [-0.05, 0) is 29.8 Å². The van der Waals surface area contributed by atoms with Crippen LogP contribution in [0.2, 0.25) is 0 Å². The van der Waals surface area contributed by atoms with E-state index in [9.17, 15) is 9.18 Å². The maximum Gasteiger partial charge on any atom is 0.257 e. The second kappa shape index (κ2) is 7.86. The number of nitrogens with one attached hydrogen (secondary N) is 1. The minimum Gasteiger partial charge on any atom is -0.329 e. The number of carbonyl (C=O) groups excluding carboxylic acids is 1. The van der Waals surface area contributed by atoms with Crippen molar-refractivity contribution < 1.29 is 9.18 Å². The molecule has 1 aromatic heterocycles. The second-order valence-electron chi connectivity index (χ2n) is 5.13. The van der Waals surface area contributed by atoms with Gasteiger partial charge in [0.2, 0.25) is 0 Å². The molecule has 1 amide bonds. The average Bonchev–Trinajstić information content (AvgIpc) is 2.55. The molecule has 4 nitrogen and oxygen atoms in total. The maximum absolute atomic E-state index is 14.1. The zero-order valence-electron chi connectivity index (χ0n) is 12.2. The Balaban J connectivity index is 0.00000192. The first-order chi connectivity index (χ1) is 10.7. The lowest BCUT2D eigenvalue weighted by Crippen LogP contribution is -2.48. The molecule has 3 rings (SSSR count). The molecule has 23 heavy (non-hydrogen) atoms. The number of halogens is 3. The molecule has 0 radical (unpaired) electrons. The van der Waals surface area contributed by atoms with E-state index in [1.165, 1.54) is 12.1 Å². The molecule has 1 atom stereocenters. The number of rotatable bonds is 2. The molecule has 1 aliphatic rings. The van der Waals surface area contributed by atoms with Crippen LogP contribution in [0, 0.1) is 5.82 Å². The lowest BCUT2D eigenvalue weighted by atomic mass is 10.0. The zero-order chi connectivity index (χ0) is 15.5. The van der Waals surface area contributed by atoms with Crippen molar-refractivity contribution in [3.05, 3.63) is 64.1 Å².